The molecule has 0 saturated heterocycles. The highest BCUT2D eigenvalue weighted by Gasteiger charge is 2.16. The van der Waals surface area contributed by atoms with E-state index >= 15 is 0 Å². The number of thiazole rings is 1. The molecule has 4 heterocycles. The van der Waals surface area contributed by atoms with Gasteiger partial charge in [-0.25, -0.2) is 9.67 Å². The number of nitriles is 1. The van der Waals surface area contributed by atoms with Crippen LogP contribution in [0.25, 0.3) is 17.1 Å². The molecule has 0 spiro atoms. The molecule has 0 saturated carbocycles. The van der Waals surface area contributed by atoms with Gasteiger partial charge in [-0.3, -0.25) is 20.1 Å². The van der Waals surface area contributed by atoms with Crippen LogP contribution in [-0.4, -0.2) is 35.9 Å². The number of anilines is 1. The molecule has 0 radical (unpaired) electrons. The van der Waals surface area contributed by atoms with Crippen molar-refractivity contribution in [2.75, 3.05) is 5.32 Å². The number of hydrogen-bond donors (Lipinski definition) is 1. The second-order valence-electron chi connectivity index (χ2n) is 5.27. The third-order valence-electron chi connectivity index (χ3n) is 3.57. The van der Waals surface area contributed by atoms with E-state index in [1.807, 2.05) is 0 Å². The Morgan fingerprint density at radius 1 is 1.19 bits per heavy atom. The zero-order valence-corrected chi connectivity index (χ0v) is 14.5. The first kappa shape index (κ1) is 16.5. The van der Waals surface area contributed by atoms with E-state index < -0.39 is 5.91 Å². The van der Waals surface area contributed by atoms with E-state index in [0.29, 0.717) is 27.8 Å². The molecular weight excluding hydrogens is 364 g/mol. The first-order valence-corrected chi connectivity index (χ1v) is 8.57. The van der Waals surface area contributed by atoms with Gasteiger partial charge in [0.05, 0.1) is 29.2 Å². The first-order chi connectivity index (χ1) is 13.2. The number of carbonyl (C=O) groups excluding carboxylic acids is 1. The summed E-state index contributed by atoms with van der Waals surface area (Å²) in [7, 11) is 0. The van der Waals surface area contributed by atoms with Gasteiger partial charge < -0.3 is 0 Å². The van der Waals surface area contributed by atoms with Crippen LogP contribution in [0.5, 0.6) is 0 Å². The van der Waals surface area contributed by atoms with Crippen LogP contribution in [0.4, 0.5) is 5.13 Å². The highest BCUT2D eigenvalue weighted by molar-refractivity contribution is 7.14. The van der Waals surface area contributed by atoms with E-state index in [4.69, 9.17) is 5.26 Å². The third kappa shape index (κ3) is 3.39. The van der Waals surface area contributed by atoms with Crippen LogP contribution < -0.4 is 5.32 Å². The average Bonchev–Trinajstić information content (AvgIpc) is 3.38. The topological polar surface area (TPSA) is 122 Å². The number of pyridine rings is 2. The van der Waals surface area contributed by atoms with Crippen molar-refractivity contribution in [2.45, 2.75) is 0 Å². The predicted molar refractivity (Wildman–Crippen MR) is 97.2 cm³/mol. The van der Waals surface area contributed by atoms with Crippen LogP contribution in [0.15, 0.2) is 54.4 Å². The van der Waals surface area contributed by atoms with E-state index in [0.717, 1.165) is 0 Å². The lowest BCUT2D eigenvalue weighted by Gasteiger charge is -2.05. The van der Waals surface area contributed by atoms with Crippen LogP contribution in [-0.2, 0) is 0 Å². The zero-order valence-electron chi connectivity index (χ0n) is 13.6. The maximum atomic E-state index is 12.6. The van der Waals surface area contributed by atoms with Crippen molar-refractivity contribution in [1.82, 2.24) is 29.9 Å². The second kappa shape index (κ2) is 7.11. The molecule has 0 aliphatic carbocycles. The Labute approximate surface area is 157 Å². The van der Waals surface area contributed by atoms with Crippen molar-refractivity contribution in [3.05, 3.63) is 65.7 Å². The summed E-state index contributed by atoms with van der Waals surface area (Å²) >= 11 is 1.26. The molecule has 1 N–H and O–H groups in total. The minimum atomic E-state index is -0.392. The van der Waals surface area contributed by atoms with Crippen molar-refractivity contribution < 1.29 is 4.79 Å². The molecule has 0 unspecified atom stereocenters. The van der Waals surface area contributed by atoms with Gasteiger partial charge in [-0.05, 0) is 24.3 Å². The van der Waals surface area contributed by atoms with Gasteiger partial charge in [0.2, 0.25) is 0 Å². The number of rotatable bonds is 4. The van der Waals surface area contributed by atoms with Gasteiger partial charge in [0.15, 0.2) is 10.8 Å². The summed E-state index contributed by atoms with van der Waals surface area (Å²) in [5.41, 5.74) is 2.57. The number of aromatic nitrogens is 6. The maximum Gasteiger partial charge on any atom is 0.277 e. The minimum absolute atomic E-state index is 0.266. The van der Waals surface area contributed by atoms with E-state index in [1.165, 1.54) is 22.2 Å². The molecule has 27 heavy (non-hydrogen) atoms. The summed E-state index contributed by atoms with van der Waals surface area (Å²) in [5.74, 6) is -0.392. The Hall–Kier alpha value is -3.97. The molecule has 1 amide bonds. The van der Waals surface area contributed by atoms with Crippen molar-refractivity contribution in [3.63, 3.8) is 0 Å². The standard InChI is InChI=1S/C17H10N8OS/c18-8-11-1-6-20-13(7-11)14-10-27-17(22-14)23-16(26)15-9-21-24-25(15)12-2-4-19-5-3-12/h1-7,9-10H,(H,22,23,26). The fourth-order valence-electron chi connectivity index (χ4n) is 2.32. The summed E-state index contributed by atoms with van der Waals surface area (Å²) < 4.78 is 1.42. The smallest absolute Gasteiger partial charge is 0.277 e. The summed E-state index contributed by atoms with van der Waals surface area (Å²) in [5, 5.41) is 21.6. The molecule has 0 aliphatic heterocycles. The fourth-order valence-corrected chi connectivity index (χ4v) is 3.02. The summed E-state index contributed by atoms with van der Waals surface area (Å²) in [4.78, 5) is 25.1. The fraction of sp³-hybridized carbons (Fsp3) is 0. The van der Waals surface area contributed by atoms with Crippen LogP contribution in [0.1, 0.15) is 16.1 Å². The Kier molecular flexibility index (Phi) is 4.34. The molecule has 4 aromatic rings. The molecule has 130 valence electrons. The first-order valence-electron chi connectivity index (χ1n) is 7.69. The molecule has 4 rings (SSSR count). The Morgan fingerprint density at radius 2 is 2.04 bits per heavy atom. The minimum Gasteiger partial charge on any atom is -0.296 e. The molecular formula is C17H10N8OS. The quantitative estimate of drug-likeness (QED) is 0.581. The van der Waals surface area contributed by atoms with E-state index in [1.54, 1.807) is 48.2 Å². The largest absolute Gasteiger partial charge is 0.296 e. The zero-order chi connectivity index (χ0) is 18.6. The van der Waals surface area contributed by atoms with E-state index in [2.05, 4.69) is 36.7 Å². The Bertz CT molecular complexity index is 1140. The molecule has 0 bridgehead atoms. The van der Waals surface area contributed by atoms with Gasteiger partial charge in [0, 0.05) is 24.0 Å². The van der Waals surface area contributed by atoms with Crippen molar-refractivity contribution in [1.29, 1.82) is 5.26 Å². The SMILES string of the molecule is N#Cc1ccnc(-c2csc(NC(=O)c3cnnn3-c3ccncc3)n2)c1. The average molecular weight is 374 g/mol. The molecule has 0 fully saturated rings. The van der Waals surface area contributed by atoms with E-state index in [-0.39, 0.29) is 5.69 Å². The van der Waals surface area contributed by atoms with Gasteiger partial charge >= 0.3 is 0 Å². The van der Waals surface area contributed by atoms with Gasteiger partial charge in [-0.1, -0.05) is 5.21 Å². The predicted octanol–water partition coefficient (Wildman–Crippen LogP) is 2.30. The normalized spacial score (nSPS) is 10.3. The second-order valence-corrected chi connectivity index (χ2v) is 6.13. The van der Waals surface area contributed by atoms with Gasteiger partial charge in [-0.2, -0.15) is 5.26 Å². The van der Waals surface area contributed by atoms with Crippen molar-refractivity contribution >= 4 is 22.4 Å². The summed E-state index contributed by atoms with van der Waals surface area (Å²) in [6.45, 7) is 0. The summed E-state index contributed by atoms with van der Waals surface area (Å²) in [6, 6.07) is 8.77. The Morgan fingerprint density at radius 3 is 2.85 bits per heavy atom. The molecule has 4 aromatic heterocycles. The van der Waals surface area contributed by atoms with Crippen LogP contribution in [0, 0.1) is 11.3 Å². The van der Waals surface area contributed by atoms with Gasteiger partial charge in [0.25, 0.3) is 5.91 Å². The van der Waals surface area contributed by atoms with Crippen LogP contribution in [0.2, 0.25) is 0 Å². The number of nitrogens with one attached hydrogen (secondary N) is 1. The number of amides is 1. The van der Waals surface area contributed by atoms with Gasteiger partial charge in [0.1, 0.15) is 5.69 Å². The molecule has 9 nitrogen and oxygen atoms in total. The third-order valence-corrected chi connectivity index (χ3v) is 4.32. The lowest BCUT2D eigenvalue weighted by Crippen LogP contribution is -2.16. The maximum absolute atomic E-state index is 12.6. The van der Waals surface area contributed by atoms with Crippen molar-refractivity contribution in [3.8, 4) is 23.1 Å². The highest BCUT2D eigenvalue weighted by atomic mass is 32.1. The van der Waals surface area contributed by atoms with Crippen LogP contribution >= 0.6 is 11.3 Å². The Balaban J connectivity index is 1.56. The number of hydrogen-bond acceptors (Lipinski definition) is 8. The molecule has 0 atom stereocenters. The van der Waals surface area contributed by atoms with E-state index in [9.17, 15) is 4.79 Å². The lowest BCUT2D eigenvalue weighted by atomic mass is 10.2. The monoisotopic (exact) mass is 374 g/mol. The van der Waals surface area contributed by atoms with Gasteiger partial charge in [-0.15, -0.1) is 16.4 Å². The lowest BCUT2D eigenvalue weighted by molar-refractivity contribution is 0.101. The summed E-state index contributed by atoms with van der Waals surface area (Å²) in [6.07, 6.45) is 6.13. The van der Waals surface area contributed by atoms with Crippen molar-refractivity contribution in [2.24, 2.45) is 0 Å². The molecule has 10 heteroatoms. The highest BCUT2D eigenvalue weighted by Crippen LogP contribution is 2.24. The van der Waals surface area contributed by atoms with Crippen LogP contribution in [0.3, 0.4) is 0 Å². The number of carbonyl (C=O) groups is 1. The molecule has 0 aromatic carbocycles. The number of nitrogens with zero attached hydrogens (tertiary/aromatic N) is 7. The molecule has 0 aliphatic rings.